The summed E-state index contributed by atoms with van der Waals surface area (Å²) in [7, 11) is 0. The molecule has 2 aliphatic rings. The fourth-order valence-corrected chi connectivity index (χ4v) is 3.38. The average molecular weight is 288 g/mol. The molecule has 0 bridgehead atoms. The molecule has 2 fully saturated rings. The van der Waals surface area contributed by atoms with E-state index in [1.54, 1.807) is 0 Å². The second-order valence-electron chi connectivity index (χ2n) is 6.16. The highest BCUT2D eigenvalue weighted by molar-refractivity contribution is 5.84. The van der Waals surface area contributed by atoms with Gasteiger partial charge in [-0.3, -0.25) is 14.7 Å². The number of aromatic nitrogens is 1. The maximum Gasteiger partial charge on any atom is 0.240 e. The van der Waals surface area contributed by atoms with E-state index in [4.69, 9.17) is 0 Å². The van der Waals surface area contributed by atoms with Gasteiger partial charge in [0, 0.05) is 56.8 Å². The molecule has 0 saturated carbocycles. The molecular weight excluding hydrogens is 264 g/mol. The van der Waals surface area contributed by atoms with Gasteiger partial charge in [-0.15, -0.1) is 0 Å². The number of amides is 1. The first kappa shape index (κ1) is 14.3. The number of carbonyl (C=O) groups is 1. The molecule has 1 atom stereocenters. The summed E-state index contributed by atoms with van der Waals surface area (Å²) in [6.07, 6.45) is 4.65. The third-order valence-corrected chi connectivity index (χ3v) is 4.62. The fraction of sp³-hybridized carbons (Fsp3) is 0.625. The fourth-order valence-electron chi connectivity index (χ4n) is 3.38. The summed E-state index contributed by atoms with van der Waals surface area (Å²) >= 11 is 0. The number of hydrogen-bond donors (Lipinski definition) is 0. The van der Waals surface area contributed by atoms with Crippen LogP contribution in [0.4, 0.5) is 5.69 Å². The van der Waals surface area contributed by atoms with Gasteiger partial charge in [-0.25, -0.2) is 0 Å². The molecule has 1 aromatic rings. The van der Waals surface area contributed by atoms with Crippen LogP contribution in [0.25, 0.3) is 0 Å². The average Bonchev–Trinajstić information content (AvgIpc) is 2.90. The first-order valence-corrected chi connectivity index (χ1v) is 7.86. The van der Waals surface area contributed by atoms with Crippen LogP contribution in [0, 0.1) is 0 Å². The van der Waals surface area contributed by atoms with Crippen molar-refractivity contribution in [2.24, 2.45) is 0 Å². The zero-order chi connectivity index (χ0) is 14.8. The van der Waals surface area contributed by atoms with Gasteiger partial charge < -0.3 is 9.80 Å². The molecule has 1 aromatic heterocycles. The van der Waals surface area contributed by atoms with Crippen LogP contribution in [0.5, 0.6) is 0 Å². The van der Waals surface area contributed by atoms with Crippen LogP contribution in [-0.4, -0.2) is 65.5 Å². The van der Waals surface area contributed by atoms with Gasteiger partial charge in [0.15, 0.2) is 0 Å². The van der Waals surface area contributed by atoms with Crippen LogP contribution in [-0.2, 0) is 4.79 Å². The zero-order valence-electron chi connectivity index (χ0n) is 12.9. The predicted octanol–water partition coefficient (Wildman–Crippen LogP) is 1.21. The van der Waals surface area contributed by atoms with E-state index >= 15 is 0 Å². The van der Waals surface area contributed by atoms with E-state index in [1.807, 2.05) is 17.3 Å². The van der Waals surface area contributed by atoms with Gasteiger partial charge >= 0.3 is 0 Å². The van der Waals surface area contributed by atoms with Crippen LogP contribution >= 0.6 is 0 Å². The number of rotatable bonds is 3. The van der Waals surface area contributed by atoms with E-state index in [9.17, 15) is 4.79 Å². The molecule has 0 unspecified atom stereocenters. The monoisotopic (exact) mass is 288 g/mol. The molecule has 2 saturated heterocycles. The highest BCUT2D eigenvalue weighted by Crippen LogP contribution is 2.22. The first-order valence-electron chi connectivity index (χ1n) is 7.86. The van der Waals surface area contributed by atoms with Gasteiger partial charge in [0.05, 0.1) is 6.04 Å². The summed E-state index contributed by atoms with van der Waals surface area (Å²) in [6.45, 7) is 9.00. The van der Waals surface area contributed by atoms with E-state index in [1.165, 1.54) is 5.69 Å². The third-order valence-electron chi connectivity index (χ3n) is 4.62. The molecule has 21 heavy (non-hydrogen) atoms. The van der Waals surface area contributed by atoms with Crippen molar-refractivity contribution in [3.8, 4) is 0 Å². The molecular formula is C16H24N4O. The Morgan fingerprint density at radius 3 is 2.33 bits per heavy atom. The van der Waals surface area contributed by atoms with Crippen molar-refractivity contribution in [3.05, 3.63) is 24.5 Å². The number of carbonyl (C=O) groups excluding carboxylic acids is 1. The molecule has 114 valence electrons. The molecule has 1 amide bonds. The van der Waals surface area contributed by atoms with Crippen LogP contribution < -0.4 is 4.90 Å². The summed E-state index contributed by atoms with van der Waals surface area (Å²) in [4.78, 5) is 23.3. The van der Waals surface area contributed by atoms with E-state index in [2.05, 4.69) is 40.8 Å². The number of piperazine rings is 1. The second kappa shape index (κ2) is 6.02. The van der Waals surface area contributed by atoms with Gasteiger partial charge in [0.2, 0.25) is 5.91 Å². The maximum atomic E-state index is 12.5. The number of nitrogens with zero attached hydrogens (tertiary/aromatic N) is 4. The second-order valence-corrected chi connectivity index (χ2v) is 6.16. The highest BCUT2D eigenvalue weighted by atomic mass is 16.2. The quantitative estimate of drug-likeness (QED) is 0.838. The lowest BCUT2D eigenvalue weighted by Crippen LogP contribution is -2.53. The van der Waals surface area contributed by atoms with Crippen molar-refractivity contribution < 1.29 is 4.79 Å². The van der Waals surface area contributed by atoms with Gasteiger partial charge in [-0.2, -0.15) is 0 Å². The zero-order valence-corrected chi connectivity index (χ0v) is 12.9. The number of likely N-dealkylation sites (tertiary alicyclic amines) is 1. The standard InChI is InChI=1S/C16H24N4O/c1-13(2)20-8-5-15(16(20)21)19-11-9-18(10-12-19)14-3-6-17-7-4-14/h3-4,6-7,13,15H,5,8-12H2,1-2H3/t15-/m1/s1. The Balaban J connectivity index is 1.58. The highest BCUT2D eigenvalue weighted by Gasteiger charge is 2.37. The van der Waals surface area contributed by atoms with E-state index in [0.717, 1.165) is 39.1 Å². The normalized spacial score (nSPS) is 24.1. The van der Waals surface area contributed by atoms with Crippen LogP contribution in [0.15, 0.2) is 24.5 Å². The smallest absolute Gasteiger partial charge is 0.240 e. The molecule has 0 aromatic carbocycles. The molecule has 0 radical (unpaired) electrons. The van der Waals surface area contributed by atoms with Gasteiger partial charge in [-0.1, -0.05) is 0 Å². The maximum absolute atomic E-state index is 12.5. The van der Waals surface area contributed by atoms with Crippen molar-refractivity contribution in [1.82, 2.24) is 14.8 Å². The Labute approximate surface area is 126 Å². The molecule has 0 N–H and O–H groups in total. The molecule has 3 rings (SSSR count). The number of hydrogen-bond acceptors (Lipinski definition) is 4. The minimum absolute atomic E-state index is 0.104. The lowest BCUT2D eigenvalue weighted by Gasteiger charge is -2.38. The molecule has 3 heterocycles. The summed E-state index contributed by atoms with van der Waals surface area (Å²) in [5, 5.41) is 0. The van der Waals surface area contributed by atoms with E-state index in [0.29, 0.717) is 11.9 Å². The summed E-state index contributed by atoms with van der Waals surface area (Å²) in [5.74, 6) is 0.322. The molecule has 5 nitrogen and oxygen atoms in total. The van der Waals surface area contributed by atoms with Crippen LogP contribution in [0.3, 0.4) is 0 Å². The van der Waals surface area contributed by atoms with Gasteiger partial charge in [0.1, 0.15) is 0 Å². The summed E-state index contributed by atoms with van der Waals surface area (Å²) in [6, 6.07) is 4.53. The van der Waals surface area contributed by atoms with Crippen molar-refractivity contribution >= 4 is 11.6 Å². The Hall–Kier alpha value is -1.62. The van der Waals surface area contributed by atoms with E-state index in [-0.39, 0.29) is 6.04 Å². The SMILES string of the molecule is CC(C)N1CC[C@@H](N2CCN(c3ccncc3)CC2)C1=O. The van der Waals surface area contributed by atoms with Crippen molar-refractivity contribution in [2.75, 3.05) is 37.6 Å². The topological polar surface area (TPSA) is 39.7 Å². The van der Waals surface area contributed by atoms with E-state index < -0.39 is 0 Å². The number of pyridine rings is 1. The minimum atomic E-state index is 0.104. The Kier molecular flexibility index (Phi) is 4.10. The Morgan fingerprint density at radius 2 is 1.76 bits per heavy atom. The van der Waals surface area contributed by atoms with Gasteiger partial charge in [0.25, 0.3) is 0 Å². The third kappa shape index (κ3) is 2.88. The molecule has 2 aliphatic heterocycles. The van der Waals surface area contributed by atoms with Crippen molar-refractivity contribution in [1.29, 1.82) is 0 Å². The largest absolute Gasteiger partial charge is 0.369 e. The molecule has 0 spiro atoms. The molecule has 0 aliphatic carbocycles. The van der Waals surface area contributed by atoms with Crippen LogP contribution in [0.2, 0.25) is 0 Å². The summed E-state index contributed by atoms with van der Waals surface area (Å²) < 4.78 is 0. The van der Waals surface area contributed by atoms with Crippen LogP contribution in [0.1, 0.15) is 20.3 Å². The molecule has 5 heteroatoms. The Bertz CT molecular complexity index is 482. The van der Waals surface area contributed by atoms with Crippen molar-refractivity contribution in [2.45, 2.75) is 32.4 Å². The lowest BCUT2D eigenvalue weighted by atomic mass is 10.1. The Morgan fingerprint density at radius 1 is 1.10 bits per heavy atom. The van der Waals surface area contributed by atoms with Crippen molar-refractivity contribution in [3.63, 3.8) is 0 Å². The predicted molar refractivity (Wildman–Crippen MR) is 83.3 cm³/mol. The van der Waals surface area contributed by atoms with Gasteiger partial charge in [-0.05, 0) is 32.4 Å². The lowest BCUT2D eigenvalue weighted by molar-refractivity contribution is -0.133. The summed E-state index contributed by atoms with van der Waals surface area (Å²) in [5.41, 5.74) is 1.23. The number of anilines is 1. The minimum Gasteiger partial charge on any atom is -0.369 e. The first-order chi connectivity index (χ1) is 10.2.